The van der Waals surface area contributed by atoms with Gasteiger partial charge in [-0.2, -0.15) is 0 Å². The lowest BCUT2D eigenvalue weighted by Gasteiger charge is -2.33. The molecule has 0 aliphatic heterocycles. The van der Waals surface area contributed by atoms with Crippen molar-refractivity contribution in [1.29, 1.82) is 0 Å². The molecule has 0 unspecified atom stereocenters. The second-order valence-corrected chi connectivity index (χ2v) is 6.72. The maximum atomic E-state index is 13.2. The summed E-state index contributed by atoms with van der Waals surface area (Å²) >= 11 is 0. The summed E-state index contributed by atoms with van der Waals surface area (Å²) in [5, 5.41) is 0. The van der Waals surface area contributed by atoms with Crippen LogP contribution in [-0.2, 0) is 10.0 Å². The van der Waals surface area contributed by atoms with Gasteiger partial charge >= 0.3 is 0 Å². The number of hydrogen-bond acceptors (Lipinski definition) is 3. The smallest absolute Gasteiger partial charge is 0.242 e. The minimum Gasteiger partial charge on any atom is -0.320 e. The first-order valence-electron chi connectivity index (χ1n) is 6.43. The van der Waals surface area contributed by atoms with Crippen LogP contribution < -0.4 is 10.5 Å². The highest BCUT2D eigenvalue weighted by molar-refractivity contribution is 7.89. The van der Waals surface area contributed by atoms with Crippen LogP contribution >= 0.6 is 0 Å². The van der Waals surface area contributed by atoms with E-state index in [1.807, 2.05) is 0 Å². The SMILES string of the molecule is CC1CC(NS(=O)(=O)c2ccc(F)cc2C#CCN)C1. The Labute approximate surface area is 118 Å². The molecule has 0 amide bonds. The number of nitrogens with one attached hydrogen (secondary N) is 1. The van der Waals surface area contributed by atoms with E-state index in [-0.39, 0.29) is 23.0 Å². The van der Waals surface area contributed by atoms with Gasteiger partial charge in [0.25, 0.3) is 0 Å². The fourth-order valence-corrected chi connectivity index (χ4v) is 3.67. The topological polar surface area (TPSA) is 72.2 Å². The van der Waals surface area contributed by atoms with Crippen LogP contribution in [0, 0.1) is 23.6 Å². The van der Waals surface area contributed by atoms with Gasteiger partial charge in [0.1, 0.15) is 5.82 Å². The van der Waals surface area contributed by atoms with Gasteiger partial charge in [-0.1, -0.05) is 18.8 Å². The molecule has 1 saturated carbocycles. The highest BCUT2D eigenvalue weighted by Crippen LogP contribution is 2.28. The number of hydrogen-bond donors (Lipinski definition) is 2. The van der Waals surface area contributed by atoms with Gasteiger partial charge in [-0.05, 0) is 37.0 Å². The molecule has 4 nitrogen and oxygen atoms in total. The fraction of sp³-hybridized carbons (Fsp3) is 0.429. The third-order valence-electron chi connectivity index (χ3n) is 3.25. The van der Waals surface area contributed by atoms with Crippen molar-refractivity contribution in [1.82, 2.24) is 4.72 Å². The van der Waals surface area contributed by atoms with Crippen LogP contribution in [0.25, 0.3) is 0 Å². The summed E-state index contributed by atoms with van der Waals surface area (Å²) < 4.78 is 40.5. The van der Waals surface area contributed by atoms with E-state index in [4.69, 9.17) is 5.73 Å². The van der Waals surface area contributed by atoms with Gasteiger partial charge in [-0.15, -0.1) is 0 Å². The van der Waals surface area contributed by atoms with E-state index in [0.717, 1.165) is 25.0 Å². The maximum Gasteiger partial charge on any atom is 0.242 e. The maximum absolute atomic E-state index is 13.2. The molecule has 0 atom stereocenters. The standard InChI is InChI=1S/C14H17FN2O2S/c1-10-7-13(8-10)17-20(18,19)14-5-4-12(15)9-11(14)3-2-6-16/h4-5,9-10,13,17H,6-8,16H2,1H3. The third kappa shape index (κ3) is 3.37. The van der Waals surface area contributed by atoms with Gasteiger partial charge in [0, 0.05) is 11.6 Å². The Morgan fingerprint density at radius 2 is 2.15 bits per heavy atom. The Balaban J connectivity index is 2.30. The zero-order chi connectivity index (χ0) is 14.8. The lowest BCUT2D eigenvalue weighted by Crippen LogP contribution is -2.43. The molecule has 1 aromatic carbocycles. The van der Waals surface area contributed by atoms with E-state index in [9.17, 15) is 12.8 Å². The first-order valence-corrected chi connectivity index (χ1v) is 7.91. The largest absolute Gasteiger partial charge is 0.320 e. The van der Waals surface area contributed by atoms with Crippen molar-refractivity contribution in [3.8, 4) is 11.8 Å². The first kappa shape index (κ1) is 15.0. The summed E-state index contributed by atoms with van der Waals surface area (Å²) in [6, 6.07) is 3.42. The van der Waals surface area contributed by atoms with Crippen molar-refractivity contribution in [3.63, 3.8) is 0 Å². The first-order chi connectivity index (χ1) is 9.42. The molecule has 1 aliphatic rings. The van der Waals surface area contributed by atoms with E-state index >= 15 is 0 Å². The number of benzene rings is 1. The van der Waals surface area contributed by atoms with Crippen LogP contribution in [-0.4, -0.2) is 21.0 Å². The lowest BCUT2D eigenvalue weighted by atomic mass is 9.83. The second kappa shape index (κ2) is 5.92. The van der Waals surface area contributed by atoms with Crippen molar-refractivity contribution < 1.29 is 12.8 Å². The molecule has 108 valence electrons. The average Bonchev–Trinajstić information content (AvgIpc) is 2.34. The Morgan fingerprint density at radius 3 is 2.75 bits per heavy atom. The minimum absolute atomic E-state index is 0.000553. The van der Waals surface area contributed by atoms with Gasteiger partial charge < -0.3 is 5.73 Å². The molecule has 1 aromatic rings. The summed E-state index contributed by atoms with van der Waals surface area (Å²) in [7, 11) is -3.68. The van der Waals surface area contributed by atoms with Crippen molar-refractivity contribution in [2.75, 3.05) is 6.54 Å². The van der Waals surface area contributed by atoms with Crippen molar-refractivity contribution in [2.24, 2.45) is 11.7 Å². The quantitative estimate of drug-likeness (QED) is 0.824. The van der Waals surface area contributed by atoms with Gasteiger partial charge in [-0.3, -0.25) is 0 Å². The van der Waals surface area contributed by atoms with Gasteiger partial charge in [-0.25, -0.2) is 17.5 Å². The van der Waals surface area contributed by atoms with Crippen LogP contribution in [0.15, 0.2) is 23.1 Å². The number of nitrogens with two attached hydrogens (primary N) is 1. The van der Waals surface area contributed by atoms with Crippen LogP contribution in [0.5, 0.6) is 0 Å². The molecule has 0 saturated heterocycles. The van der Waals surface area contributed by atoms with E-state index in [0.29, 0.717) is 5.92 Å². The summed E-state index contributed by atoms with van der Waals surface area (Å²) in [5.41, 5.74) is 5.40. The van der Waals surface area contributed by atoms with Gasteiger partial charge in [0.05, 0.1) is 11.4 Å². The monoisotopic (exact) mass is 296 g/mol. The van der Waals surface area contributed by atoms with Crippen molar-refractivity contribution >= 4 is 10.0 Å². The van der Waals surface area contributed by atoms with E-state index in [1.54, 1.807) is 0 Å². The predicted octanol–water partition coefficient (Wildman–Crippen LogP) is 1.21. The zero-order valence-electron chi connectivity index (χ0n) is 11.2. The molecule has 1 aliphatic carbocycles. The summed E-state index contributed by atoms with van der Waals surface area (Å²) in [6.07, 6.45) is 1.65. The molecule has 0 heterocycles. The molecule has 0 radical (unpaired) electrons. The van der Waals surface area contributed by atoms with E-state index in [2.05, 4.69) is 23.5 Å². The Hall–Kier alpha value is -1.42. The second-order valence-electron chi connectivity index (χ2n) is 5.04. The molecule has 0 aromatic heterocycles. The van der Waals surface area contributed by atoms with Crippen molar-refractivity contribution in [2.45, 2.75) is 30.7 Å². The molecule has 1 fully saturated rings. The molecule has 6 heteroatoms. The molecule has 2 rings (SSSR count). The molecule has 0 spiro atoms. The average molecular weight is 296 g/mol. The van der Waals surface area contributed by atoms with Crippen LogP contribution in [0.3, 0.4) is 0 Å². The highest BCUT2D eigenvalue weighted by atomic mass is 32.2. The molecular formula is C14H17FN2O2S. The van der Waals surface area contributed by atoms with Crippen molar-refractivity contribution in [3.05, 3.63) is 29.6 Å². The molecular weight excluding hydrogens is 279 g/mol. The fourth-order valence-electron chi connectivity index (χ4n) is 2.26. The predicted molar refractivity (Wildman–Crippen MR) is 74.8 cm³/mol. The highest BCUT2D eigenvalue weighted by Gasteiger charge is 2.30. The molecule has 0 bridgehead atoms. The summed E-state index contributed by atoms with van der Waals surface area (Å²) in [6.45, 7) is 2.16. The third-order valence-corrected chi connectivity index (χ3v) is 4.83. The summed E-state index contributed by atoms with van der Waals surface area (Å²) in [5.74, 6) is 5.16. The van der Waals surface area contributed by atoms with Crippen LogP contribution in [0.1, 0.15) is 25.3 Å². The zero-order valence-corrected chi connectivity index (χ0v) is 12.0. The van der Waals surface area contributed by atoms with E-state index < -0.39 is 15.8 Å². The Kier molecular flexibility index (Phi) is 4.43. The number of halogens is 1. The van der Waals surface area contributed by atoms with Crippen LogP contribution in [0.2, 0.25) is 0 Å². The van der Waals surface area contributed by atoms with Gasteiger partial charge in [0.2, 0.25) is 10.0 Å². The normalized spacial score (nSPS) is 21.8. The lowest BCUT2D eigenvalue weighted by molar-refractivity contribution is 0.270. The number of rotatable bonds is 3. The minimum atomic E-state index is -3.68. The van der Waals surface area contributed by atoms with Crippen LogP contribution in [0.4, 0.5) is 4.39 Å². The van der Waals surface area contributed by atoms with Gasteiger partial charge in [0.15, 0.2) is 0 Å². The molecule has 3 N–H and O–H groups in total. The van der Waals surface area contributed by atoms with E-state index in [1.165, 1.54) is 6.07 Å². The number of sulfonamides is 1. The Morgan fingerprint density at radius 1 is 1.45 bits per heavy atom. The Bertz CT molecular complexity index is 655. The molecule has 20 heavy (non-hydrogen) atoms. The summed E-state index contributed by atoms with van der Waals surface area (Å²) in [4.78, 5) is -0.000553.